The smallest absolute Gasteiger partial charge is 0.227 e. The minimum Gasteiger partial charge on any atom is -0.489 e. The summed E-state index contributed by atoms with van der Waals surface area (Å²) in [5.41, 5.74) is 1.75. The van der Waals surface area contributed by atoms with E-state index in [1.54, 1.807) is 6.07 Å². The molecule has 6 heteroatoms. The van der Waals surface area contributed by atoms with Gasteiger partial charge < -0.3 is 15.0 Å². The molecule has 0 aromatic heterocycles. The van der Waals surface area contributed by atoms with E-state index in [9.17, 15) is 9.18 Å². The Bertz CT molecular complexity index is 688. The van der Waals surface area contributed by atoms with Crippen molar-refractivity contribution >= 4 is 18.3 Å². The second-order valence-electron chi connectivity index (χ2n) is 5.87. The summed E-state index contributed by atoms with van der Waals surface area (Å²) >= 11 is 0. The fourth-order valence-corrected chi connectivity index (χ4v) is 2.70. The van der Waals surface area contributed by atoms with Crippen LogP contribution in [-0.2, 0) is 17.8 Å². The van der Waals surface area contributed by atoms with E-state index < -0.39 is 0 Å². The van der Waals surface area contributed by atoms with Gasteiger partial charge in [-0.3, -0.25) is 4.79 Å². The minimum atomic E-state index is -0.266. The van der Waals surface area contributed by atoms with Gasteiger partial charge in [0.25, 0.3) is 0 Å². The maximum atomic E-state index is 13.1. The van der Waals surface area contributed by atoms with Crippen molar-refractivity contribution in [3.8, 4) is 5.75 Å². The average molecular weight is 365 g/mol. The predicted molar refractivity (Wildman–Crippen MR) is 97.6 cm³/mol. The number of hydrogen-bond acceptors (Lipinski definition) is 3. The number of hydrogen-bond donors (Lipinski definition) is 1. The zero-order chi connectivity index (χ0) is 16.8. The van der Waals surface area contributed by atoms with Crippen LogP contribution >= 0.6 is 12.4 Å². The van der Waals surface area contributed by atoms with Crippen molar-refractivity contribution < 1.29 is 13.9 Å². The van der Waals surface area contributed by atoms with E-state index in [1.807, 2.05) is 35.2 Å². The Morgan fingerprint density at radius 3 is 2.48 bits per heavy atom. The van der Waals surface area contributed by atoms with Crippen LogP contribution in [0.25, 0.3) is 0 Å². The van der Waals surface area contributed by atoms with Crippen LogP contribution in [0, 0.1) is 5.82 Å². The van der Waals surface area contributed by atoms with Crippen LogP contribution in [0.4, 0.5) is 4.39 Å². The van der Waals surface area contributed by atoms with Crippen molar-refractivity contribution in [2.24, 2.45) is 0 Å². The number of carbonyl (C=O) groups excluding carboxylic acids is 1. The zero-order valence-electron chi connectivity index (χ0n) is 13.9. The van der Waals surface area contributed by atoms with Gasteiger partial charge in [0.1, 0.15) is 18.2 Å². The fourth-order valence-electron chi connectivity index (χ4n) is 2.70. The van der Waals surface area contributed by atoms with Crippen LogP contribution in [-0.4, -0.2) is 37.0 Å². The molecule has 0 spiro atoms. The van der Waals surface area contributed by atoms with Crippen LogP contribution in [0.5, 0.6) is 5.75 Å². The molecule has 1 amide bonds. The molecule has 4 nitrogen and oxygen atoms in total. The standard InChI is InChI=1S/C19H21FN2O2.ClH/c20-17-3-1-2-16(12-17)14-24-18-6-4-15(5-7-18)13-19(23)22-10-8-21-9-11-22;/h1-7,12,21H,8-11,13-14H2;1H. The lowest BCUT2D eigenvalue weighted by Crippen LogP contribution is -2.46. The van der Waals surface area contributed by atoms with Crippen molar-refractivity contribution in [2.45, 2.75) is 13.0 Å². The molecule has 1 N–H and O–H groups in total. The van der Waals surface area contributed by atoms with Crippen LogP contribution < -0.4 is 10.1 Å². The van der Waals surface area contributed by atoms with E-state index in [0.29, 0.717) is 18.8 Å². The summed E-state index contributed by atoms with van der Waals surface area (Å²) in [5, 5.41) is 3.24. The van der Waals surface area contributed by atoms with E-state index in [0.717, 1.165) is 37.3 Å². The molecule has 1 aliphatic rings. The van der Waals surface area contributed by atoms with Gasteiger partial charge in [0, 0.05) is 26.2 Å². The number of benzene rings is 2. The molecule has 0 aliphatic carbocycles. The van der Waals surface area contributed by atoms with Gasteiger partial charge in [-0.1, -0.05) is 24.3 Å². The first-order valence-electron chi connectivity index (χ1n) is 8.15. The lowest BCUT2D eigenvalue weighted by atomic mass is 10.1. The van der Waals surface area contributed by atoms with Crippen LogP contribution in [0.3, 0.4) is 0 Å². The molecule has 0 saturated carbocycles. The molecule has 2 aromatic rings. The van der Waals surface area contributed by atoms with E-state index >= 15 is 0 Å². The van der Waals surface area contributed by atoms with Gasteiger partial charge in [-0.2, -0.15) is 0 Å². The molecule has 0 radical (unpaired) electrons. The highest BCUT2D eigenvalue weighted by Gasteiger charge is 2.16. The van der Waals surface area contributed by atoms with Crippen molar-refractivity contribution in [3.63, 3.8) is 0 Å². The number of rotatable bonds is 5. The molecule has 1 saturated heterocycles. The zero-order valence-corrected chi connectivity index (χ0v) is 14.7. The number of piperazine rings is 1. The quantitative estimate of drug-likeness (QED) is 0.887. The summed E-state index contributed by atoms with van der Waals surface area (Å²) in [6.07, 6.45) is 0.407. The van der Waals surface area contributed by atoms with E-state index in [-0.39, 0.29) is 24.1 Å². The summed E-state index contributed by atoms with van der Waals surface area (Å²) in [6.45, 7) is 3.58. The normalized spacial score (nSPS) is 13.9. The second kappa shape index (κ2) is 9.39. The SMILES string of the molecule is Cl.O=C(Cc1ccc(OCc2cccc(F)c2)cc1)N1CCNCC1. The molecule has 3 rings (SSSR count). The molecule has 2 aromatic carbocycles. The molecule has 0 atom stereocenters. The van der Waals surface area contributed by atoms with Gasteiger partial charge in [0.05, 0.1) is 6.42 Å². The molecule has 1 heterocycles. The molecular weight excluding hydrogens is 343 g/mol. The first kappa shape index (κ1) is 19.2. The molecule has 134 valence electrons. The van der Waals surface area contributed by atoms with Gasteiger partial charge >= 0.3 is 0 Å². The Hall–Kier alpha value is -2.11. The summed E-state index contributed by atoms with van der Waals surface area (Å²) < 4.78 is 18.8. The highest BCUT2D eigenvalue weighted by molar-refractivity contribution is 5.85. The predicted octanol–water partition coefficient (Wildman–Crippen LogP) is 2.80. The fraction of sp³-hybridized carbons (Fsp3) is 0.316. The van der Waals surface area contributed by atoms with Gasteiger partial charge in [-0.15, -0.1) is 12.4 Å². The molecule has 0 unspecified atom stereocenters. The molecule has 1 fully saturated rings. The lowest BCUT2D eigenvalue weighted by molar-refractivity contribution is -0.131. The van der Waals surface area contributed by atoms with Crippen molar-refractivity contribution in [1.29, 1.82) is 0 Å². The topological polar surface area (TPSA) is 41.6 Å². The number of nitrogens with one attached hydrogen (secondary N) is 1. The van der Waals surface area contributed by atoms with Crippen LogP contribution in [0.2, 0.25) is 0 Å². The average Bonchev–Trinajstić information content (AvgIpc) is 2.62. The Labute approximate surface area is 153 Å². The minimum absolute atomic E-state index is 0. The third-order valence-corrected chi connectivity index (χ3v) is 4.04. The summed E-state index contributed by atoms with van der Waals surface area (Å²) in [7, 11) is 0. The lowest BCUT2D eigenvalue weighted by Gasteiger charge is -2.27. The summed E-state index contributed by atoms with van der Waals surface area (Å²) in [4.78, 5) is 14.1. The Balaban J connectivity index is 0.00000225. The van der Waals surface area contributed by atoms with Gasteiger partial charge in [-0.05, 0) is 35.4 Å². The van der Waals surface area contributed by atoms with Crippen LogP contribution in [0.15, 0.2) is 48.5 Å². The first-order chi connectivity index (χ1) is 11.7. The molecule has 1 aliphatic heterocycles. The van der Waals surface area contributed by atoms with E-state index in [2.05, 4.69) is 5.32 Å². The van der Waals surface area contributed by atoms with Gasteiger partial charge in [0.2, 0.25) is 5.91 Å². The van der Waals surface area contributed by atoms with E-state index in [4.69, 9.17) is 4.74 Å². The number of amides is 1. The summed E-state index contributed by atoms with van der Waals surface area (Å²) in [5.74, 6) is 0.598. The Morgan fingerprint density at radius 2 is 1.80 bits per heavy atom. The van der Waals surface area contributed by atoms with E-state index in [1.165, 1.54) is 12.1 Å². The van der Waals surface area contributed by atoms with Crippen molar-refractivity contribution in [1.82, 2.24) is 10.2 Å². The van der Waals surface area contributed by atoms with Gasteiger partial charge in [-0.25, -0.2) is 4.39 Å². The van der Waals surface area contributed by atoms with Gasteiger partial charge in [0.15, 0.2) is 0 Å². The third kappa shape index (κ3) is 5.73. The highest BCUT2D eigenvalue weighted by atomic mass is 35.5. The monoisotopic (exact) mass is 364 g/mol. The maximum Gasteiger partial charge on any atom is 0.227 e. The third-order valence-electron chi connectivity index (χ3n) is 4.04. The molecule has 0 bridgehead atoms. The first-order valence-corrected chi connectivity index (χ1v) is 8.15. The molecule has 25 heavy (non-hydrogen) atoms. The number of nitrogens with zero attached hydrogens (tertiary/aromatic N) is 1. The Morgan fingerprint density at radius 1 is 1.08 bits per heavy atom. The van der Waals surface area contributed by atoms with Crippen LogP contribution in [0.1, 0.15) is 11.1 Å². The maximum absolute atomic E-state index is 13.1. The highest BCUT2D eigenvalue weighted by Crippen LogP contribution is 2.15. The number of halogens is 2. The van der Waals surface area contributed by atoms with Crippen molar-refractivity contribution in [3.05, 3.63) is 65.5 Å². The van der Waals surface area contributed by atoms with Crippen molar-refractivity contribution in [2.75, 3.05) is 26.2 Å². The second-order valence-corrected chi connectivity index (χ2v) is 5.87. The number of ether oxygens (including phenoxy) is 1. The summed E-state index contributed by atoms with van der Waals surface area (Å²) in [6, 6.07) is 13.9. The number of carbonyl (C=O) groups is 1. The largest absolute Gasteiger partial charge is 0.489 e. The molecular formula is C19H22ClFN2O2. The Kier molecular flexibility index (Phi) is 7.22.